The van der Waals surface area contributed by atoms with Crippen LogP contribution in [0.2, 0.25) is 0 Å². The van der Waals surface area contributed by atoms with Crippen molar-refractivity contribution in [2.24, 2.45) is 0 Å². The number of hydrogen-bond donors (Lipinski definition) is 0. The molecule has 2 heterocycles. The van der Waals surface area contributed by atoms with Crippen molar-refractivity contribution in [1.29, 1.82) is 0 Å². The van der Waals surface area contributed by atoms with Gasteiger partial charge in [0.25, 0.3) is 0 Å². The molecule has 2 rings (SSSR count). The van der Waals surface area contributed by atoms with Gasteiger partial charge in [-0.2, -0.15) is 0 Å². The number of rotatable bonds is 1. The second-order valence-electron chi connectivity index (χ2n) is 2.03. The van der Waals surface area contributed by atoms with E-state index in [1.165, 1.54) is 11.5 Å². The summed E-state index contributed by atoms with van der Waals surface area (Å²) in [6, 6.07) is 0. The van der Waals surface area contributed by atoms with Crippen molar-refractivity contribution in [2.45, 2.75) is 3.91 Å². The minimum absolute atomic E-state index is 0.734. The van der Waals surface area contributed by atoms with Crippen LogP contribution in [0.15, 0.2) is 8.47 Å². The van der Waals surface area contributed by atoms with Gasteiger partial charge in [-0.05, 0) is 6.26 Å². The molecule has 0 aromatic heterocycles. The van der Waals surface area contributed by atoms with E-state index in [2.05, 4.69) is 6.26 Å². The molecule has 11 heavy (non-hydrogen) atoms. The third kappa shape index (κ3) is 2.05. The smallest absolute Gasteiger partial charge is 0.106 e. The lowest BCUT2D eigenvalue weighted by Gasteiger charge is -2.09. The van der Waals surface area contributed by atoms with Crippen LogP contribution in [0.3, 0.4) is 0 Å². The van der Waals surface area contributed by atoms with Crippen LogP contribution in [0.25, 0.3) is 0 Å². The Morgan fingerprint density at radius 2 is 1.73 bits per heavy atom. The minimum atomic E-state index is 0.734. The predicted octanol–water partition coefficient (Wildman–Crippen LogP) is 3.72. The van der Waals surface area contributed by atoms with Crippen molar-refractivity contribution >= 4 is 58.8 Å². The first-order valence-electron chi connectivity index (χ1n) is 3.26. The summed E-state index contributed by atoms with van der Waals surface area (Å²) in [6.07, 6.45) is 2.19. The van der Waals surface area contributed by atoms with Crippen molar-refractivity contribution in [1.82, 2.24) is 0 Å². The van der Waals surface area contributed by atoms with Crippen molar-refractivity contribution in [3.8, 4) is 0 Å². The second-order valence-corrected chi connectivity index (χ2v) is 8.83. The maximum absolute atomic E-state index is 2.19. The van der Waals surface area contributed by atoms with Gasteiger partial charge in [0.05, 0.1) is 8.47 Å². The van der Waals surface area contributed by atoms with Crippen LogP contribution in [-0.4, -0.2) is 21.7 Å². The van der Waals surface area contributed by atoms with Crippen LogP contribution in [0, 0.1) is 0 Å². The fraction of sp³-hybridized carbons (Fsp3) is 0.667. The SMILES string of the molecule is CSC1SC2=C(SCCS2)S1. The van der Waals surface area contributed by atoms with E-state index < -0.39 is 0 Å². The summed E-state index contributed by atoms with van der Waals surface area (Å²) in [5.74, 6) is 2.61. The summed E-state index contributed by atoms with van der Waals surface area (Å²) in [6.45, 7) is 0. The zero-order valence-corrected chi connectivity index (χ0v) is 10.1. The van der Waals surface area contributed by atoms with E-state index in [0.717, 1.165) is 3.91 Å². The monoisotopic (exact) mass is 240 g/mol. The number of thioether (sulfide) groups is 5. The molecule has 0 radical (unpaired) electrons. The zero-order valence-electron chi connectivity index (χ0n) is 6.03. The van der Waals surface area contributed by atoms with Gasteiger partial charge in [-0.25, -0.2) is 0 Å². The Kier molecular flexibility index (Phi) is 3.40. The molecule has 0 unspecified atom stereocenters. The quantitative estimate of drug-likeness (QED) is 0.683. The van der Waals surface area contributed by atoms with Crippen molar-refractivity contribution in [3.63, 3.8) is 0 Å². The molecule has 5 heteroatoms. The summed E-state index contributed by atoms with van der Waals surface area (Å²) in [7, 11) is 0. The molecule has 0 N–H and O–H groups in total. The Bertz CT molecular complexity index is 169. The van der Waals surface area contributed by atoms with E-state index in [-0.39, 0.29) is 0 Å². The molecule has 0 aromatic carbocycles. The standard InChI is InChI=1S/C6H8S5/c1-7-6-10-4-5(11-6)9-3-2-8-4/h6H,2-3H2,1H3. The molecule has 0 aromatic rings. The van der Waals surface area contributed by atoms with E-state index in [1.807, 2.05) is 58.8 Å². The molecule has 0 fully saturated rings. The predicted molar refractivity (Wildman–Crippen MR) is 64.4 cm³/mol. The first-order chi connectivity index (χ1) is 5.40. The molecule has 0 amide bonds. The minimum Gasteiger partial charge on any atom is -0.139 e. The third-order valence-corrected chi connectivity index (χ3v) is 9.04. The summed E-state index contributed by atoms with van der Waals surface area (Å²) in [5, 5.41) is 0. The fourth-order valence-corrected chi connectivity index (χ4v) is 8.42. The largest absolute Gasteiger partial charge is 0.139 e. The summed E-state index contributed by atoms with van der Waals surface area (Å²) in [4.78, 5) is 0. The van der Waals surface area contributed by atoms with E-state index in [4.69, 9.17) is 0 Å². The van der Waals surface area contributed by atoms with Crippen LogP contribution in [0.1, 0.15) is 0 Å². The zero-order chi connectivity index (χ0) is 7.68. The highest BCUT2D eigenvalue weighted by Crippen LogP contribution is 2.59. The van der Waals surface area contributed by atoms with Crippen LogP contribution in [0.4, 0.5) is 0 Å². The molecule has 0 saturated carbocycles. The second kappa shape index (κ2) is 4.13. The van der Waals surface area contributed by atoms with Crippen molar-refractivity contribution in [2.75, 3.05) is 17.8 Å². The Morgan fingerprint density at radius 1 is 1.18 bits per heavy atom. The fourth-order valence-electron chi connectivity index (χ4n) is 0.846. The molecule has 0 aliphatic carbocycles. The first-order valence-corrected chi connectivity index (χ1v) is 8.28. The van der Waals surface area contributed by atoms with Gasteiger partial charge < -0.3 is 0 Å². The topological polar surface area (TPSA) is 0 Å². The van der Waals surface area contributed by atoms with Gasteiger partial charge in [-0.3, -0.25) is 0 Å². The van der Waals surface area contributed by atoms with Gasteiger partial charge in [0.15, 0.2) is 0 Å². The molecule has 0 saturated heterocycles. The van der Waals surface area contributed by atoms with Crippen molar-refractivity contribution < 1.29 is 0 Å². The molecule has 62 valence electrons. The lowest BCUT2D eigenvalue weighted by molar-refractivity contribution is 1.56. The molecule has 0 atom stereocenters. The maximum atomic E-state index is 2.19. The van der Waals surface area contributed by atoms with Gasteiger partial charge in [0.1, 0.15) is 3.91 Å². The summed E-state index contributed by atoms with van der Waals surface area (Å²) in [5.41, 5.74) is 0. The van der Waals surface area contributed by atoms with E-state index in [0.29, 0.717) is 0 Å². The molecule has 2 aliphatic rings. The third-order valence-electron chi connectivity index (χ3n) is 1.32. The van der Waals surface area contributed by atoms with Crippen LogP contribution < -0.4 is 0 Å². The number of hydrogen-bond acceptors (Lipinski definition) is 5. The van der Waals surface area contributed by atoms with Gasteiger partial charge in [-0.1, -0.05) is 23.5 Å². The van der Waals surface area contributed by atoms with Crippen LogP contribution in [0.5, 0.6) is 0 Å². The highest BCUT2D eigenvalue weighted by molar-refractivity contribution is 8.45. The van der Waals surface area contributed by atoms with Gasteiger partial charge in [-0.15, -0.1) is 35.3 Å². The highest BCUT2D eigenvalue weighted by Gasteiger charge is 2.27. The first kappa shape index (κ1) is 9.06. The average Bonchev–Trinajstić information content (AvgIpc) is 2.46. The maximum Gasteiger partial charge on any atom is 0.106 e. The lowest BCUT2D eigenvalue weighted by atomic mass is 11.0. The van der Waals surface area contributed by atoms with E-state index in [1.54, 1.807) is 8.47 Å². The van der Waals surface area contributed by atoms with Crippen LogP contribution >= 0.6 is 58.8 Å². The van der Waals surface area contributed by atoms with Gasteiger partial charge >= 0.3 is 0 Å². The Balaban J connectivity index is 2.03. The molecule has 0 nitrogen and oxygen atoms in total. The molecule has 2 aliphatic heterocycles. The van der Waals surface area contributed by atoms with Gasteiger partial charge in [0, 0.05) is 11.5 Å². The van der Waals surface area contributed by atoms with E-state index in [9.17, 15) is 0 Å². The summed E-state index contributed by atoms with van der Waals surface area (Å²) >= 11 is 10.1. The molecule has 0 bridgehead atoms. The van der Waals surface area contributed by atoms with Gasteiger partial charge in [0.2, 0.25) is 0 Å². The Morgan fingerprint density at radius 3 is 2.18 bits per heavy atom. The highest BCUT2D eigenvalue weighted by atomic mass is 32.3. The summed E-state index contributed by atoms with van der Waals surface area (Å²) < 4.78 is 3.91. The normalized spacial score (nSPS) is 25.9. The lowest BCUT2D eigenvalue weighted by Crippen LogP contribution is -1.88. The average molecular weight is 240 g/mol. The van der Waals surface area contributed by atoms with Crippen molar-refractivity contribution in [3.05, 3.63) is 8.47 Å². The molecular weight excluding hydrogens is 232 g/mol. The van der Waals surface area contributed by atoms with E-state index >= 15 is 0 Å². The molecular formula is C6H8S5. The Labute approximate surface area is 88.5 Å². The van der Waals surface area contributed by atoms with Crippen LogP contribution in [-0.2, 0) is 0 Å². The molecule has 0 spiro atoms. The Hall–Kier alpha value is 1.49.